The summed E-state index contributed by atoms with van der Waals surface area (Å²) in [5, 5.41) is 7.42. The fourth-order valence-electron chi connectivity index (χ4n) is 4.93. The Morgan fingerprint density at radius 3 is 2.62 bits per heavy atom. The molecular formula is C24H26N4O. The van der Waals surface area contributed by atoms with Crippen molar-refractivity contribution in [1.29, 1.82) is 0 Å². The van der Waals surface area contributed by atoms with Gasteiger partial charge in [-0.15, -0.1) is 0 Å². The molecule has 3 aromatic rings. The molecule has 29 heavy (non-hydrogen) atoms. The van der Waals surface area contributed by atoms with Crippen LogP contribution in [0.5, 0.6) is 0 Å². The van der Waals surface area contributed by atoms with Crippen LogP contribution in [-0.2, 0) is 13.1 Å². The van der Waals surface area contributed by atoms with Crippen LogP contribution in [-0.4, -0.2) is 32.8 Å². The van der Waals surface area contributed by atoms with Crippen LogP contribution in [0, 0.1) is 5.92 Å². The predicted octanol–water partition coefficient (Wildman–Crippen LogP) is 4.29. The van der Waals surface area contributed by atoms with Crippen molar-refractivity contribution >= 4 is 6.03 Å². The van der Waals surface area contributed by atoms with Crippen molar-refractivity contribution in [3.05, 3.63) is 78.1 Å². The number of urea groups is 1. The van der Waals surface area contributed by atoms with Gasteiger partial charge in [-0.1, -0.05) is 48.5 Å². The van der Waals surface area contributed by atoms with E-state index in [2.05, 4.69) is 59.8 Å². The molecule has 2 aliphatic heterocycles. The Balaban J connectivity index is 1.28. The Morgan fingerprint density at radius 2 is 1.93 bits per heavy atom. The van der Waals surface area contributed by atoms with Gasteiger partial charge in [0.25, 0.3) is 0 Å². The van der Waals surface area contributed by atoms with Gasteiger partial charge >= 0.3 is 6.03 Å². The summed E-state index contributed by atoms with van der Waals surface area (Å²) in [6.45, 7) is 4.42. The summed E-state index contributed by atoms with van der Waals surface area (Å²) in [5.41, 5.74) is 4.75. The molecule has 5 nitrogen and oxygen atoms in total. The quantitative estimate of drug-likeness (QED) is 0.711. The Kier molecular flexibility index (Phi) is 4.38. The number of fused-ring (bicyclic) bond motifs is 1. The first-order valence-electron chi connectivity index (χ1n) is 10.3. The van der Waals surface area contributed by atoms with Crippen LogP contribution in [0.1, 0.15) is 30.9 Å². The summed E-state index contributed by atoms with van der Waals surface area (Å²) in [6, 6.07) is 18.9. The maximum Gasteiger partial charge on any atom is 0.318 e. The van der Waals surface area contributed by atoms with Crippen molar-refractivity contribution in [2.75, 3.05) is 6.54 Å². The topological polar surface area (TPSA) is 50.2 Å². The molecule has 3 heterocycles. The lowest BCUT2D eigenvalue weighted by molar-refractivity contribution is 0.138. The third kappa shape index (κ3) is 3.41. The molecule has 1 saturated carbocycles. The minimum absolute atomic E-state index is 0.0665. The van der Waals surface area contributed by atoms with Crippen LogP contribution in [0.2, 0.25) is 0 Å². The fourth-order valence-corrected chi connectivity index (χ4v) is 4.93. The molecule has 0 atom stereocenters. The summed E-state index contributed by atoms with van der Waals surface area (Å²) in [6.07, 6.45) is 6.07. The van der Waals surface area contributed by atoms with E-state index >= 15 is 0 Å². The van der Waals surface area contributed by atoms with E-state index in [9.17, 15) is 4.79 Å². The number of nitrogens with one attached hydrogen (secondary N) is 1. The van der Waals surface area contributed by atoms with E-state index in [0.29, 0.717) is 12.5 Å². The maximum atomic E-state index is 12.7. The molecule has 0 radical (unpaired) electrons. The van der Waals surface area contributed by atoms with Gasteiger partial charge in [0.1, 0.15) is 0 Å². The lowest BCUT2D eigenvalue weighted by Gasteiger charge is -2.38. The van der Waals surface area contributed by atoms with Crippen LogP contribution >= 0.6 is 0 Å². The number of amides is 2. The Labute approximate surface area is 171 Å². The molecule has 2 aromatic carbocycles. The third-order valence-corrected chi connectivity index (χ3v) is 6.41. The third-order valence-electron chi connectivity index (χ3n) is 6.41. The lowest BCUT2D eigenvalue weighted by atomic mass is 9.75. The second-order valence-electron chi connectivity index (χ2n) is 8.60. The highest BCUT2D eigenvalue weighted by atomic mass is 16.2. The number of hydrogen-bond acceptors (Lipinski definition) is 2. The van der Waals surface area contributed by atoms with E-state index in [1.54, 1.807) is 6.20 Å². The van der Waals surface area contributed by atoms with Gasteiger partial charge in [0, 0.05) is 31.0 Å². The second kappa shape index (κ2) is 7.07. The number of carbonyl (C=O) groups is 1. The van der Waals surface area contributed by atoms with Gasteiger partial charge in [-0.3, -0.25) is 4.68 Å². The van der Waals surface area contributed by atoms with Gasteiger partial charge in [0.2, 0.25) is 0 Å². The first kappa shape index (κ1) is 18.0. The van der Waals surface area contributed by atoms with Crippen molar-refractivity contribution in [3.8, 4) is 11.1 Å². The zero-order chi connectivity index (χ0) is 19.8. The molecule has 2 saturated heterocycles. The SMILES string of the molecule is CC12CC(CN1C(=O)NCc1ccccc1-c1ccc(Cn3cccn3)cc1)C2. The van der Waals surface area contributed by atoms with Gasteiger partial charge in [-0.05, 0) is 54.0 Å². The molecule has 1 aliphatic carbocycles. The Hall–Kier alpha value is -3.08. The summed E-state index contributed by atoms with van der Waals surface area (Å²) in [4.78, 5) is 14.7. The van der Waals surface area contributed by atoms with Crippen molar-refractivity contribution in [2.45, 2.75) is 38.4 Å². The maximum absolute atomic E-state index is 12.7. The number of nitrogens with zero attached hydrogens (tertiary/aromatic N) is 3. The molecule has 2 bridgehead atoms. The van der Waals surface area contributed by atoms with Gasteiger partial charge in [0.15, 0.2) is 0 Å². The number of rotatable bonds is 5. The van der Waals surface area contributed by atoms with Crippen molar-refractivity contribution < 1.29 is 4.79 Å². The monoisotopic (exact) mass is 386 g/mol. The van der Waals surface area contributed by atoms with Crippen molar-refractivity contribution in [2.24, 2.45) is 5.92 Å². The van der Waals surface area contributed by atoms with E-state index in [1.807, 2.05) is 27.9 Å². The van der Waals surface area contributed by atoms with Crippen molar-refractivity contribution in [1.82, 2.24) is 20.0 Å². The minimum Gasteiger partial charge on any atom is -0.334 e. The molecule has 1 N–H and O–H groups in total. The number of hydrogen-bond donors (Lipinski definition) is 1. The first-order valence-corrected chi connectivity index (χ1v) is 10.3. The summed E-state index contributed by atoms with van der Waals surface area (Å²) < 4.78 is 1.92. The largest absolute Gasteiger partial charge is 0.334 e. The highest BCUT2D eigenvalue weighted by Gasteiger charge is 2.54. The zero-order valence-electron chi connectivity index (χ0n) is 16.7. The minimum atomic E-state index is 0.0665. The van der Waals surface area contributed by atoms with E-state index in [0.717, 1.165) is 42.6 Å². The molecule has 2 amide bonds. The average molecular weight is 386 g/mol. The molecule has 6 rings (SSSR count). The van der Waals surface area contributed by atoms with Gasteiger partial charge < -0.3 is 10.2 Å². The summed E-state index contributed by atoms with van der Waals surface area (Å²) >= 11 is 0. The average Bonchev–Trinajstić information content (AvgIpc) is 3.42. The second-order valence-corrected chi connectivity index (χ2v) is 8.60. The normalized spacial score (nSPS) is 22.4. The molecule has 1 aromatic heterocycles. The molecular weight excluding hydrogens is 360 g/mol. The van der Waals surface area contributed by atoms with Crippen LogP contribution < -0.4 is 5.32 Å². The predicted molar refractivity (Wildman–Crippen MR) is 113 cm³/mol. The Bertz CT molecular complexity index is 1000. The molecule has 0 spiro atoms. The highest BCUT2D eigenvalue weighted by Crippen LogP contribution is 2.49. The van der Waals surface area contributed by atoms with Crippen LogP contribution in [0.15, 0.2) is 67.0 Å². The van der Waals surface area contributed by atoms with Gasteiger partial charge in [-0.25, -0.2) is 4.79 Å². The standard InChI is InChI=1S/C24H26N4O/c1-24-13-19(14-24)17-28(24)23(29)25-15-21-5-2-3-6-22(21)20-9-7-18(8-10-20)16-27-12-4-11-26-27/h2-12,19H,13-17H2,1H3,(H,25,29). The molecule has 148 valence electrons. The summed E-state index contributed by atoms with van der Waals surface area (Å²) in [7, 11) is 0. The lowest BCUT2D eigenvalue weighted by Crippen LogP contribution is -2.49. The number of aromatic nitrogens is 2. The Morgan fingerprint density at radius 1 is 1.14 bits per heavy atom. The molecule has 3 aliphatic rings. The number of carbonyl (C=O) groups excluding carboxylic acids is 1. The van der Waals surface area contributed by atoms with Crippen LogP contribution in [0.25, 0.3) is 11.1 Å². The van der Waals surface area contributed by atoms with Crippen LogP contribution in [0.3, 0.4) is 0 Å². The highest BCUT2D eigenvalue weighted by molar-refractivity contribution is 5.77. The summed E-state index contributed by atoms with van der Waals surface area (Å²) in [5.74, 6) is 0.707. The molecule has 5 heteroatoms. The van der Waals surface area contributed by atoms with E-state index < -0.39 is 0 Å². The van der Waals surface area contributed by atoms with Crippen molar-refractivity contribution in [3.63, 3.8) is 0 Å². The van der Waals surface area contributed by atoms with Gasteiger partial charge in [-0.2, -0.15) is 5.10 Å². The smallest absolute Gasteiger partial charge is 0.318 e. The van der Waals surface area contributed by atoms with Gasteiger partial charge in [0.05, 0.1) is 6.54 Å². The fraction of sp³-hybridized carbons (Fsp3) is 0.333. The van der Waals surface area contributed by atoms with E-state index in [-0.39, 0.29) is 11.6 Å². The first-order chi connectivity index (χ1) is 14.1. The van der Waals surface area contributed by atoms with E-state index in [4.69, 9.17) is 0 Å². The zero-order valence-corrected chi connectivity index (χ0v) is 16.7. The van der Waals surface area contributed by atoms with Crippen LogP contribution in [0.4, 0.5) is 4.79 Å². The molecule has 3 fully saturated rings. The van der Waals surface area contributed by atoms with E-state index in [1.165, 1.54) is 5.56 Å². The number of benzene rings is 2. The molecule has 0 unspecified atom stereocenters.